The number of nitrogens with two attached hydrogens (primary N) is 1. The van der Waals surface area contributed by atoms with Crippen molar-refractivity contribution in [3.8, 4) is 0 Å². The van der Waals surface area contributed by atoms with Gasteiger partial charge in [0.15, 0.2) is 10.8 Å². The van der Waals surface area contributed by atoms with Gasteiger partial charge in [0.1, 0.15) is 5.69 Å². The fourth-order valence-electron chi connectivity index (χ4n) is 0.741. The van der Waals surface area contributed by atoms with Gasteiger partial charge >= 0.3 is 5.97 Å². The van der Waals surface area contributed by atoms with E-state index in [4.69, 9.17) is 16.6 Å². The molecule has 1 aromatic heterocycles. The molecule has 0 atom stereocenters. The zero-order valence-corrected chi connectivity index (χ0v) is 9.15. The summed E-state index contributed by atoms with van der Waals surface area (Å²) in [5.74, 6) is -3.27. The number of carbonyl (C=O) groups excluding carboxylic acids is 1. The SMILES string of the molecule is C=C(ON=C(C([NH])=O)c1csc(N)n1)C(=O)O. The molecule has 0 saturated carbocycles. The minimum absolute atomic E-state index is 0.0469. The molecule has 0 aliphatic carbocycles. The van der Waals surface area contributed by atoms with Gasteiger partial charge in [0.2, 0.25) is 5.76 Å². The number of thiazole rings is 1. The van der Waals surface area contributed by atoms with Gasteiger partial charge in [-0.1, -0.05) is 5.16 Å². The summed E-state index contributed by atoms with van der Waals surface area (Å²) in [5, 5.41) is 13.2. The van der Waals surface area contributed by atoms with Crippen molar-refractivity contribution in [3.63, 3.8) is 0 Å². The molecule has 1 heterocycles. The quantitative estimate of drug-likeness (QED) is 0.324. The second-order valence-electron chi connectivity index (χ2n) is 2.66. The van der Waals surface area contributed by atoms with Crippen LogP contribution in [0.5, 0.6) is 0 Å². The van der Waals surface area contributed by atoms with E-state index in [0.717, 1.165) is 11.3 Å². The van der Waals surface area contributed by atoms with Crippen LogP contribution in [-0.2, 0) is 14.4 Å². The minimum Gasteiger partial charge on any atom is -0.475 e. The number of aliphatic carboxylic acids is 1. The number of nitrogens with one attached hydrogen (secondary N) is 1. The molecule has 0 fully saturated rings. The molecule has 1 radical (unpaired) electrons. The highest BCUT2D eigenvalue weighted by Crippen LogP contribution is 2.12. The van der Waals surface area contributed by atoms with Gasteiger partial charge in [-0.2, -0.15) is 0 Å². The van der Waals surface area contributed by atoms with Crippen molar-refractivity contribution in [2.45, 2.75) is 0 Å². The fraction of sp³-hybridized carbons (Fsp3) is 0. The van der Waals surface area contributed by atoms with Gasteiger partial charge < -0.3 is 15.7 Å². The third-order valence-corrected chi connectivity index (χ3v) is 2.14. The monoisotopic (exact) mass is 255 g/mol. The first-order chi connectivity index (χ1) is 7.91. The van der Waals surface area contributed by atoms with Crippen LogP contribution >= 0.6 is 11.3 Å². The standard InChI is InChI=1S/C8H7N4O4S/c1-3(7(14)15)16-12-5(6(9)13)4-2-17-8(10)11-4/h2,9H,1H2,(H2,10,11)(H,14,15). The van der Waals surface area contributed by atoms with Gasteiger partial charge in [-0.15, -0.1) is 11.3 Å². The van der Waals surface area contributed by atoms with E-state index in [-0.39, 0.29) is 10.8 Å². The third-order valence-electron chi connectivity index (χ3n) is 1.47. The molecule has 0 aliphatic rings. The van der Waals surface area contributed by atoms with Crippen molar-refractivity contribution in [1.82, 2.24) is 10.7 Å². The highest BCUT2D eigenvalue weighted by atomic mass is 32.1. The van der Waals surface area contributed by atoms with Crippen LogP contribution in [0.2, 0.25) is 0 Å². The number of rotatable bonds is 5. The van der Waals surface area contributed by atoms with Crippen LogP contribution in [0.3, 0.4) is 0 Å². The number of carboxylic acid groups (broad SMARTS) is 1. The van der Waals surface area contributed by atoms with Crippen molar-refractivity contribution >= 4 is 34.1 Å². The number of carboxylic acids is 1. The van der Waals surface area contributed by atoms with Crippen molar-refractivity contribution in [2.24, 2.45) is 5.16 Å². The first-order valence-corrected chi connectivity index (χ1v) is 4.94. The van der Waals surface area contributed by atoms with E-state index < -0.39 is 23.3 Å². The van der Waals surface area contributed by atoms with E-state index >= 15 is 0 Å². The van der Waals surface area contributed by atoms with Crippen molar-refractivity contribution in [3.05, 3.63) is 23.4 Å². The summed E-state index contributed by atoms with van der Waals surface area (Å²) in [6.45, 7) is 3.04. The third kappa shape index (κ3) is 3.28. The Hall–Kier alpha value is -2.42. The van der Waals surface area contributed by atoms with E-state index in [1.54, 1.807) is 0 Å². The summed E-state index contributed by atoms with van der Waals surface area (Å²) >= 11 is 1.05. The average Bonchev–Trinajstić information content (AvgIpc) is 2.64. The largest absolute Gasteiger partial charge is 0.475 e. The van der Waals surface area contributed by atoms with Crippen LogP contribution in [0.15, 0.2) is 22.9 Å². The lowest BCUT2D eigenvalue weighted by Gasteiger charge is -1.99. The molecule has 0 saturated heterocycles. The zero-order valence-electron chi connectivity index (χ0n) is 8.34. The molecule has 0 aromatic carbocycles. The molecule has 0 bridgehead atoms. The maximum absolute atomic E-state index is 10.9. The molecule has 0 spiro atoms. The summed E-state index contributed by atoms with van der Waals surface area (Å²) in [4.78, 5) is 29.4. The highest BCUT2D eigenvalue weighted by Gasteiger charge is 2.16. The first-order valence-electron chi connectivity index (χ1n) is 4.06. The van der Waals surface area contributed by atoms with E-state index in [1.807, 2.05) is 0 Å². The normalized spacial score (nSPS) is 10.9. The van der Waals surface area contributed by atoms with Gasteiger partial charge in [0.25, 0.3) is 5.91 Å². The van der Waals surface area contributed by atoms with Gasteiger partial charge in [-0.3, -0.25) is 10.5 Å². The van der Waals surface area contributed by atoms with E-state index in [0.29, 0.717) is 0 Å². The molecule has 89 valence electrons. The fourth-order valence-corrected chi connectivity index (χ4v) is 1.29. The number of aromatic nitrogens is 1. The predicted molar refractivity (Wildman–Crippen MR) is 59.0 cm³/mol. The summed E-state index contributed by atoms with van der Waals surface area (Å²) in [6, 6.07) is 0. The lowest BCUT2D eigenvalue weighted by atomic mass is 10.3. The van der Waals surface area contributed by atoms with E-state index in [9.17, 15) is 9.59 Å². The number of anilines is 1. The minimum atomic E-state index is -1.43. The van der Waals surface area contributed by atoms with Crippen LogP contribution in [0.4, 0.5) is 5.13 Å². The van der Waals surface area contributed by atoms with Crippen LogP contribution in [0, 0.1) is 0 Å². The average molecular weight is 255 g/mol. The molecule has 0 unspecified atom stereocenters. The smallest absolute Gasteiger partial charge is 0.374 e. The zero-order chi connectivity index (χ0) is 13.0. The Morgan fingerprint density at radius 2 is 2.29 bits per heavy atom. The van der Waals surface area contributed by atoms with Crippen molar-refractivity contribution in [2.75, 3.05) is 5.73 Å². The van der Waals surface area contributed by atoms with Crippen LogP contribution in [0.1, 0.15) is 5.69 Å². The molecule has 1 amide bonds. The Morgan fingerprint density at radius 3 is 2.71 bits per heavy atom. The predicted octanol–water partition coefficient (Wildman–Crippen LogP) is -0.146. The van der Waals surface area contributed by atoms with E-state index in [1.165, 1.54) is 5.38 Å². The topological polar surface area (TPSA) is 139 Å². The summed E-state index contributed by atoms with van der Waals surface area (Å²) in [5.41, 5.74) is 11.9. The number of oxime groups is 1. The van der Waals surface area contributed by atoms with Gasteiger partial charge in [-0.25, -0.2) is 9.78 Å². The summed E-state index contributed by atoms with van der Waals surface area (Å²) < 4.78 is 0. The molecule has 4 N–H and O–H groups in total. The lowest BCUT2D eigenvalue weighted by Crippen LogP contribution is -2.17. The first kappa shape index (κ1) is 12.6. The second-order valence-corrected chi connectivity index (χ2v) is 3.55. The van der Waals surface area contributed by atoms with E-state index in [2.05, 4.69) is 21.6 Å². The second kappa shape index (κ2) is 5.07. The Labute approximate surface area is 99.2 Å². The number of hydrogen-bond donors (Lipinski definition) is 2. The number of nitrogen functional groups attached to an aromatic ring is 1. The Kier molecular flexibility index (Phi) is 3.78. The Bertz CT molecular complexity index is 507. The number of carbonyl (C=O) groups is 2. The van der Waals surface area contributed by atoms with Gasteiger partial charge in [0, 0.05) is 5.38 Å². The maximum atomic E-state index is 10.9. The van der Waals surface area contributed by atoms with Crippen molar-refractivity contribution < 1.29 is 19.5 Å². The number of hydrogen-bond acceptors (Lipinski definition) is 7. The number of nitrogens with zero attached hydrogens (tertiary/aromatic N) is 2. The number of amides is 1. The summed E-state index contributed by atoms with van der Waals surface area (Å²) in [6.07, 6.45) is 0. The summed E-state index contributed by atoms with van der Waals surface area (Å²) in [7, 11) is 0. The lowest BCUT2D eigenvalue weighted by molar-refractivity contribution is -0.136. The van der Waals surface area contributed by atoms with Crippen molar-refractivity contribution in [1.29, 1.82) is 0 Å². The molecular formula is C8H7N4O4S. The molecule has 1 aromatic rings. The van der Waals surface area contributed by atoms with Crippen LogP contribution < -0.4 is 11.5 Å². The maximum Gasteiger partial charge on any atom is 0.374 e. The van der Waals surface area contributed by atoms with Crippen LogP contribution in [-0.4, -0.2) is 27.7 Å². The molecular weight excluding hydrogens is 248 g/mol. The highest BCUT2D eigenvalue weighted by molar-refractivity contribution is 7.13. The molecule has 0 aliphatic heterocycles. The molecule has 17 heavy (non-hydrogen) atoms. The molecule has 9 heteroatoms. The van der Waals surface area contributed by atoms with Gasteiger partial charge in [-0.05, 0) is 6.58 Å². The molecule has 1 rings (SSSR count). The molecule has 8 nitrogen and oxygen atoms in total. The van der Waals surface area contributed by atoms with Gasteiger partial charge in [0.05, 0.1) is 0 Å². The van der Waals surface area contributed by atoms with Crippen LogP contribution in [0.25, 0.3) is 0 Å². The Balaban J connectivity index is 2.94. The Morgan fingerprint density at radius 1 is 1.65 bits per heavy atom.